The molecule has 0 bridgehead atoms. The third-order valence-electron chi connectivity index (χ3n) is 6.21. The van der Waals surface area contributed by atoms with Gasteiger partial charge in [-0.3, -0.25) is 4.99 Å². The molecular weight excluding hydrogens is 296 g/mol. The van der Waals surface area contributed by atoms with E-state index >= 15 is 0 Å². The van der Waals surface area contributed by atoms with Gasteiger partial charge in [0, 0.05) is 5.92 Å². The summed E-state index contributed by atoms with van der Waals surface area (Å²) in [5.41, 5.74) is 0.409. The highest BCUT2D eigenvalue weighted by Gasteiger charge is 2.44. The van der Waals surface area contributed by atoms with E-state index in [1.807, 2.05) is 0 Å². The number of rotatable bonds is 7. The van der Waals surface area contributed by atoms with Gasteiger partial charge in [0.15, 0.2) is 0 Å². The molecule has 0 saturated heterocycles. The fourth-order valence-corrected chi connectivity index (χ4v) is 5.30. The second-order valence-corrected chi connectivity index (χ2v) is 8.37. The van der Waals surface area contributed by atoms with Crippen LogP contribution >= 0.6 is 0 Å². The summed E-state index contributed by atoms with van der Waals surface area (Å²) in [6.45, 7) is 10.9. The number of hydrogen-bond acceptors (Lipinski definition) is 2. The van der Waals surface area contributed by atoms with Gasteiger partial charge in [-0.15, -0.1) is 0 Å². The average Bonchev–Trinajstić information content (AvgIpc) is 2.99. The van der Waals surface area contributed by atoms with E-state index in [1.165, 1.54) is 38.5 Å². The van der Waals surface area contributed by atoms with Gasteiger partial charge in [0.05, 0.1) is 12.1 Å². The quantitative estimate of drug-likeness (QED) is 0.505. The molecule has 1 unspecified atom stereocenters. The van der Waals surface area contributed by atoms with Crippen molar-refractivity contribution in [3.63, 3.8) is 0 Å². The summed E-state index contributed by atoms with van der Waals surface area (Å²) in [6.07, 6.45) is 13.4. The average molecular weight is 335 g/mol. The van der Waals surface area contributed by atoms with Crippen LogP contribution in [-0.4, -0.2) is 23.1 Å². The van der Waals surface area contributed by atoms with Crippen molar-refractivity contribution in [2.24, 2.45) is 22.2 Å². The van der Waals surface area contributed by atoms with Crippen LogP contribution in [0.3, 0.4) is 0 Å². The topological polar surface area (TPSA) is 44.6 Å². The normalized spacial score (nSPS) is 28.8. The second kappa shape index (κ2) is 9.03. The molecule has 2 N–H and O–H groups in total. The lowest BCUT2D eigenvalue weighted by Crippen LogP contribution is -2.43. The van der Waals surface area contributed by atoms with Crippen molar-refractivity contribution in [2.45, 2.75) is 97.1 Å². The van der Waals surface area contributed by atoms with Crippen molar-refractivity contribution >= 4 is 5.84 Å². The van der Waals surface area contributed by atoms with Gasteiger partial charge in [-0.1, -0.05) is 46.6 Å². The monoisotopic (exact) mass is 334 g/mol. The van der Waals surface area contributed by atoms with Gasteiger partial charge in [-0.05, 0) is 62.5 Å². The lowest BCUT2D eigenvalue weighted by atomic mass is 9.65. The zero-order chi connectivity index (χ0) is 17.6. The summed E-state index contributed by atoms with van der Waals surface area (Å²) >= 11 is 0. The summed E-state index contributed by atoms with van der Waals surface area (Å²) in [7, 11) is 0. The van der Waals surface area contributed by atoms with Crippen LogP contribution in [-0.2, 0) is 0 Å². The second-order valence-electron chi connectivity index (χ2n) is 8.37. The molecular formula is C21H38N2O. The van der Waals surface area contributed by atoms with E-state index in [2.05, 4.69) is 32.7 Å². The zero-order valence-electron chi connectivity index (χ0n) is 16.1. The minimum absolute atomic E-state index is 0.116. The van der Waals surface area contributed by atoms with E-state index < -0.39 is 0 Å². The van der Waals surface area contributed by atoms with Crippen molar-refractivity contribution in [1.82, 2.24) is 5.32 Å². The first kappa shape index (κ1) is 19.5. The van der Waals surface area contributed by atoms with Gasteiger partial charge >= 0.3 is 0 Å². The molecule has 24 heavy (non-hydrogen) atoms. The van der Waals surface area contributed by atoms with E-state index in [0.717, 1.165) is 31.5 Å². The van der Waals surface area contributed by atoms with Gasteiger partial charge in [0.25, 0.3) is 0 Å². The molecule has 0 spiro atoms. The predicted molar refractivity (Wildman–Crippen MR) is 103 cm³/mol. The number of hydrogen-bond donors (Lipinski definition) is 2. The highest BCUT2D eigenvalue weighted by molar-refractivity contribution is 5.86. The van der Waals surface area contributed by atoms with E-state index in [0.29, 0.717) is 23.3 Å². The SMILES string of the molecule is C=CNC(=NC1CCC(O)CC1)C(C(C)C)C1(CCC)CCCC1. The largest absolute Gasteiger partial charge is 0.393 e. The van der Waals surface area contributed by atoms with Crippen LogP contribution in [0.5, 0.6) is 0 Å². The number of nitrogens with one attached hydrogen (secondary N) is 1. The number of aliphatic imine (C=N–C) groups is 1. The Morgan fingerprint density at radius 2 is 1.88 bits per heavy atom. The lowest BCUT2D eigenvalue weighted by molar-refractivity contribution is 0.122. The fourth-order valence-electron chi connectivity index (χ4n) is 5.30. The third kappa shape index (κ3) is 4.62. The van der Waals surface area contributed by atoms with E-state index in [9.17, 15) is 5.11 Å². The summed E-state index contributed by atoms with van der Waals surface area (Å²) in [4.78, 5) is 5.18. The summed E-state index contributed by atoms with van der Waals surface area (Å²) < 4.78 is 0. The molecule has 0 radical (unpaired) electrons. The van der Waals surface area contributed by atoms with Gasteiger partial charge < -0.3 is 10.4 Å². The molecule has 2 aliphatic carbocycles. The molecule has 138 valence electrons. The van der Waals surface area contributed by atoms with Crippen LogP contribution in [0.1, 0.15) is 85.0 Å². The van der Waals surface area contributed by atoms with Crippen molar-refractivity contribution in [3.05, 3.63) is 12.8 Å². The maximum absolute atomic E-state index is 9.77. The van der Waals surface area contributed by atoms with Crippen LogP contribution in [0.25, 0.3) is 0 Å². The summed E-state index contributed by atoms with van der Waals surface area (Å²) in [6, 6.07) is 0.358. The highest BCUT2D eigenvalue weighted by Crippen LogP contribution is 2.50. The Morgan fingerprint density at radius 1 is 1.25 bits per heavy atom. The van der Waals surface area contributed by atoms with Gasteiger partial charge in [0.2, 0.25) is 0 Å². The maximum Gasteiger partial charge on any atom is 0.104 e. The van der Waals surface area contributed by atoms with Crippen LogP contribution in [0.15, 0.2) is 17.8 Å². The molecule has 2 saturated carbocycles. The molecule has 2 fully saturated rings. The molecule has 3 heteroatoms. The fraction of sp³-hybridized carbons (Fsp3) is 0.857. The molecule has 0 aromatic rings. The number of aliphatic hydroxyl groups excluding tert-OH is 1. The van der Waals surface area contributed by atoms with Crippen LogP contribution in [0, 0.1) is 17.3 Å². The third-order valence-corrected chi connectivity index (χ3v) is 6.21. The Bertz CT molecular complexity index is 416. The van der Waals surface area contributed by atoms with Gasteiger partial charge in [-0.2, -0.15) is 0 Å². The van der Waals surface area contributed by atoms with E-state index in [1.54, 1.807) is 6.20 Å². The first-order valence-corrected chi connectivity index (χ1v) is 10.2. The standard InChI is InChI=1S/C21H38N2O/c1-5-13-21(14-7-8-15-21)19(16(3)4)20(22-6-2)23-17-9-11-18(24)12-10-17/h6,16-19,24H,2,5,7-15H2,1,3-4H3,(H,22,23). The molecule has 3 nitrogen and oxygen atoms in total. The summed E-state index contributed by atoms with van der Waals surface area (Å²) in [5, 5.41) is 13.2. The molecule has 0 aliphatic heterocycles. The Morgan fingerprint density at radius 3 is 2.38 bits per heavy atom. The Hall–Kier alpha value is -0.830. The molecule has 0 aromatic heterocycles. The van der Waals surface area contributed by atoms with Crippen molar-refractivity contribution in [1.29, 1.82) is 0 Å². The van der Waals surface area contributed by atoms with Crippen molar-refractivity contribution < 1.29 is 5.11 Å². The predicted octanol–water partition coefficient (Wildman–Crippen LogP) is 5.05. The van der Waals surface area contributed by atoms with Crippen LogP contribution in [0.2, 0.25) is 0 Å². The number of nitrogens with zero attached hydrogens (tertiary/aromatic N) is 1. The molecule has 0 aromatic carbocycles. The van der Waals surface area contributed by atoms with E-state index in [4.69, 9.17) is 4.99 Å². The Kier molecular flexibility index (Phi) is 7.34. The first-order chi connectivity index (χ1) is 11.5. The highest BCUT2D eigenvalue weighted by atomic mass is 16.3. The Balaban J connectivity index is 2.27. The van der Waals surface area contributed by atoms with Crippen molar-refractivity contribution in [3.8, 4) is 0 Å². The molecule has 2 rings (SSSR count). The van der Waals surface area contributed by atoms with Crippen LogP contribution in [0.4, 0.5) is 0 Å². The van der Waals surface area contributed by atoms with Gasteiger partial charge in [-0.25, -0.2) is 0 Å². The molecule has 0 heterocycles. The summed E-state index contributed by atoms with van der Waals surface area (Å²) in [5.74, 6) is 2.23. The molecule has 1 atom stereocenters. The molecule has 0 amide bonds. The lowest BCUT2D eigenvalue weighted by Gasteiger charge is -2.41. The maximum atomic E-state index is 9.77. The number of aliphatic hydroxyl groups is 1. The molecule has 2 aliphatic rings. The first-order valence-electron chi connectivity index (χ1n) is 10.2. The zero-order valence-corrected chi connectivity index (χ0v) is 16.1. The minimum Gasteiger partial charge on any atom is -0.393 e. The van der Waals surface area contributed by atoms with Gasteiger partial charge in [0.1, 0.15) is 5.84 Å². The smallest absolute Gasteiger partial charge is 0.104 e. The van der Waals surface area contributed by atoms with E-state index in [-0.39, 0.29) is 6.10 Å². The minimum atomic E-state index is -0.116. The Labute approximate surface area is 149 Å². The van der Waals surface area contributed by atoms with Crippen molar-refractivity contribution in [2.75, 3.05) is 0 Å². The van der Waals surface area contributed by atoms with Crippen LogP contribution < -0.4 is 5.32 Å². The number of amidine groups is 1.